The van der Waals surface area contributed by atoms with Gasteiger partial charge in [0, 0.05) is 52.2 Å². The number of dihydropyridines is 1. The Morgan fingerprint density at radius 2 is 2.00 bits per heavy atom. The zero-order valence-corrected chi connectivity index (χ0v) is 18.7. The van der Waals surface area contributed by atoms with E-state index in [9.17, 15) is 19.7 Å². The van der Waals surface area contributed by atoms with Crippen molar-refractivity contribution in [1.82, 2.24) is 5.32 Å². The summed E-state index contributed by atoms with van der Waals surface area (Å²) in [5.74, 6) is -1.02. The predicted molar refractivity (Wildman–Crippen MR) is 121 cm³/mol. The second-order valence-electron chi connectivity index (χ2n) is 8.02. The summed E-state index contributed by atoms with van der Waals surface area (Å²) in [6, 6.07) is 10.1. The van der Waals surface area contributed by atoms with Gasteiger partial charge in [0.25, 0.3) is 5.69 Å². The molecule has 2 aliphatic rings. The molecule has 2 atom stereocenters. The number of hydrogen-bond donors (Lipinski definition) is 1. The molecular weight excluding hydrogens is 428 g/mol. The van der Waals surface area contributed by atoms with Gasteiger partial charge in [-0.2, -0.15) is 0 Å². The van der Waals surface area contributed by atoms with Crippen molar-refractivity contribution >= 4 is 28.8 Å². The van der Waals surface area contributed by atoms with E-state index in [-0.39, 0.29) is 24.0 Å². The normalized spacial score (nSPS) is 20.6. The summed E-state index contributed by atoms with van der Waals surface area (Å²) in [5.41, 5.74) is 3.02. The first-order chi connectivity index (χ1) is 15.4. The molecule has 0 fully saturated rings. The Balaban J connectivity index is 1.78. The quantitative estimate of drug-likeness (QED) is 0.377. The zero-order valence-electron chi connectivity index (χ0n) is 17.9. The molecule has 1 aliphatic carbocycles. The van der Waals surface area contributed by atoms with Crippen LogP contribution in [0.1, 0.15) is 55.4 Å². The highest BCUT2D eigenvalue weighted by Crippen LogP contribution is 2.46. The van der Waals surface area contributed by atoms with Gasteiger partial charge >= 0.3 is 5.97 Å². The molecule has 1 aromatic carbocycles. The Morgan fingerprint density at radius 3 is 2.62 bits per heavy atom. The van der Waals surface area contributed by atoms with Crippen LogP contribution < -0.4 is 5.32 Å². The molecule has 0 amide bonds. The fraction of sp³-hybridized carbons (Fsp3) is 0.333. The van der Waals surface area contributed by atoms with Gasteiger partial charge in [0.05, 0.1) is 17.1 Å². The number of nitrogens with zero attached hydrogens (tertiary/aromatic N) is 1. The SMILES string of the molecule is CCCOC(=O)C1=C(C)NC2=C(C(=O)C[C@@H](c3cccs3)C2)[C@H]1c1ccc([N+](=O)[O-])cc1. The van der Waals surface area contributed by atoms with E-state index in [1.54, 1.807) is 23.5 Å². The summed E-state index contributed by atoms with van der Waals surface area (Å²) in [6.45, 7) is 4.00. The van der Waals surface area contributed by atoms with Crippen LogP contribution in [0.2, 0.25) is 0 Å². The summed E-state index contributed by atoms with van der Waals surface area (Å²) >= 11 is 1.64. The van der Waals surface area contributed by atoms with Crippen molar-refractivity contribution in [2.75, 3.05) is 6.61 Å². The van der Waals surface area contributed by atoms with Crippen LogP contribution in [0.25, 0.3) is 0 Å². The number of nitrogens with one attached hydrogen (secondary N) is 1. The second kappa shape index (κ2) is 9.08. The number of benzene rings is 1. The van der Waals surface area contributed by atoms with Crippen LogP contribution in [0.4, 0.5) is 5.69 Å². The lowest BCUT2D eigenvalue weighted by Crippen LogP contribution is -2.36. The van der Waals surface area contributed by atoms with E-state index in [2.05, 4.69) is 5.32 Å². The Kier molecular flexibility index (Phi) is 6.23. The highest BCUT2D eigenvalue weighted by molar-refractivity contribution is 7.10. The topological polar surface area (TPSA) is 98.5 Å². The molecule has 2 aromatic rings. The van der Waals surface area contributed by atoms with Crippen LogP contribution in [0, 0.1) is 10.1 Å². The summed E-state index contributed by atoms with van der Waals surface area (Å²) in [4.78, 5) is 38.2. The molecule has 7 nitrogen and oxygen atoms in total. The van der Waals surface area contributed by atoms with Crippen molar-refractivity contribution in [2.45, 2.75) is 44.9 Å². The lowest BCUT2D eigenvalue weighted by atomic mass is 9.72. The first kappa shape index (κ1) is 22.0. The van der Waals surface area contributed by atoms with E-state index < -0.39 is 16.8 Å². The molecule has 0 unspecified atom stereocenters. The van der Waals surface area contributed by atoms with E-state index in [1.165, 1.54) is 12.1 Å². The van der Waals surface area contributed by atoms with Crippen molar-refractivity contribution in [3.8, 4) is 0 Å². The maximum atomic E-state index is 13.4. The molecule has 4 rings (SSSR count). The van der Waals surface area contributed by atoms with Crippen LogP contribution in [-0.2, 0) is 14.3 Å². The zero-order chi connectivity index (χ0) is 22.8. The third kappa shape index (κ3) is 4.10. The van der Waals surface area contributed by atoms with Gasteiger partial charge < -0.3 is 10.1 Å². The van der Waals surface area contributed by atoms with Crippen molar-refractivity contribution in [3.63, 3.8) is 0 Å². The maximum absolute atomic E-state index is 13.4. The number of ether oxygens (including phenoxy) is 1. The first-order valence-corrected chi connectivity index (χ1v) is 11.5. The van der Waals surface area contributed by atoms with Crippen molar-refractivity contribution in [3.05, 3.63) is 84.9 Å². The average molecular weight is 453 g/mol. The lowest BCUT2D eigenvalue weighted by Gasteiger charge is -2.36. The predicted octanol–water partition coefficient (Wildman–Crippen LogP) is 4.97. The standard InChI is InChI=1S/C24H24N2O5S/c1-3-10-31-24(28)21-14(2)25-18-12-16(20-5-4-11-32-20)13-19(27)23(18)22(21)15-6-8-17(9-7-15)26(29)30/h4-9,11,16,22,25H,3,10,12-13H2,1-2H3/t16-,22-/m0/s1. The number of ketones is 1. The van der Waals surface area contributed by atoms with Crippen LogP contribution in [0.3, 0.4) is 0 Å². The average Bonchev–Trinajstić information content (AvgIpc) is 3.31. The van der Waals surface area contributed by atoms with E-state index in [1.807, 2.05) is 31.4 Å². The highest BCUT2D eigenvalue weighted by atomic mass is 32.1. The molecule has 1 N–H and O–H groups in total. The number of carbonyl (C=O) groups is 2. The molecule has 0 saturated heterocycles. The number of Topliss-reactive ketones (excluding diaryl/α,β-unsaturated/α-hetero) is 1. The summed E-state index contributed by atoms with van der Waals surface area (Å²) < 4.78 is 5.43. The van der Waals surface area contributed by atoms with Gasteiger partial charge in [0.1, 0.15) is 0 Å². The van der Waals surface area contributed by atoms with E-state index in [0.29, 0.717) is 41.7 Å². The number of carbonyl (C=O) groups excluding carboxylic acids is 2. The van der Waals surface area contributed by atoms with Gasteiger partial charge in [-0.05, 0) is 36.8 Å². The number of non-ortho nitro benzene ring substituents is 1. The molecule has 0 saturated carbocycles. The summed E-state index contributed by atoms with van der Waals surface area (Å²) in [5, 5.41) is 16.4. The molecule has 1 aromatic heterocycles. The fourth-order valence-electron chi connectivity index (χ4n) is 4.43. The van der Waals surface area contributed by atoms with Gasteiger partial charge in [0.2, 0.25) is 0 Å². The molecule has 32 heavy (non-hydrogen) atoms. The minimum Gasteiger partial charge on any atom is -0.462 e. The van der Waals surface area contributed by atoms with Gasteiger partial charge in [-0.1, -0.05) is 25.1 Å². The fourth-order valence-corrected chi connectivity index (χ4v) is 5.26. The molecular formula is C24H24N2O5S. The molecule has 166 valence electrons. The van der Waals surface area contributed by atoms with Crippen LogP contribution in [-0.4, -0.2) is 23.3 Å². The Morgan fingerprint density at radius 1 is 1.25 bits per heavy atom. The van der Waals surface area contributed by atoms with Crippen molar-refractivity contribution in [1.29, 1.82) is 0 Å². The number of allylic oxidation sites excluding steroid dienone is 3. The van der Waals surface area contributed by atoms with Crippen LogP contribution >= 0.6 is 11.3 Å². The minimum absolute atomic E-state index is 0.0196. The summed E-state index contributed by atoms with van der Waals surface area (Å²) in [7, 11) is 0. The van der Waals surface area contributed by atoms with E-state index in [4.69, 9.17) is 4.74 Å². The smallest absolute Gasteiger partial charge is 0.336 e. The van der Waals surface area contributed by atoms with Crippen LogP contribution in [0.15, 0.2) is 64.3 Å². The highest BCUT2D eigenvalue weighted by Gasteiger charge is 2.41. The van der Waals surface area contributed by atoms with Gasteiger partial charge in [-0.25, -0.2) is 4.79 Å². The number of thiophene rings is 1. The first-order valence-electron chi connectivity index (χ1n) is 10.6. The molecule has 0 spiro atoms. The van der Waals surface area contributed by atoms with Gasteiger partial charge in [0.15, 0.2) is 5.78 Å². The Bertz CT molecular complexity index is 1120. The minimum atomic E-state index is -0.617. The summed E-state index contributed by atoms with van der Waals surface area (Å²) in [6.07, 6.45) is 1.71. The van der Waals surface area contributed by atoms with E-state index >= 15 is 0 Å². The number of hydrogen-bond acceptors (Lipinski definition) is 7. The molecule has 0 bridgehead atoms. The maximum Gasteiger partial charge on any atom is 0.336 e. The lowest BCUT2D eigenvalue weighted by molar-refractivity contribution is -0.384. The van der Waals surface area contributed by atoms with Gasteiger partial charge in [-0.3, -0.25) is 14.9 Å². The Labute approximate surface area is 189 Å². The molecule has 0 radical (unpaired) electrons. The largest absolute Gasteiger partial charge is 0.462 e. The molecule has 1 aliphatic heterocycles. The number of nitro groups is 1. The van der Waals surface area contributed by atoms with Crippen molar-refractivity contribution in [2.24, 2.45) is 0 Å². The van der Waals surface area contributed by atoms with Gasteiger partial charge in [-0.15, -0.1) is 11.3 Å². The number of esters is 1. The number of nitro benzene ring substituents is 1. The Hall–Kier alpha value is -3.26. The molecule has 8 heteroatoms. The number of rotatable bonds is 6. The third-order valence-corrected chi connectivity index (χ3v) is 6.90. The van der Waals surface area contributed by atoms with Crippen LogP contribution in [0.5, 0.6) is 0 Å². The van der Waals surface area contributed by atoms with E-state index in [0.717, 1.165) is 10.6 Å². The second-order valence-corrected chi connectivity index (χ2v) is 9.00. The van der Waals surface area contributed by atoms with Crippen molar-refractivity contribution < 1.29 is 19.2 Å². The molecule has 2 heterocycles. The third-order valence-electron chi connectivity index (χ3n) is 5.87. The monoisotopic (exact) mass is 452 g/mol.